The van der Waals surface area contributed by atoms with Gasteiger partial charge in [0.05, 0.1) is 18.9 Å². The second-order valence-corrected chi connectivity index (χ2v) is 6.92. The molecule has 0 bridgehead atoms. The van der Waals surface area contributed by atoms with Gasteiger partial charge in [-0.3, -0.25) is 4.79 Å². The van der Waals surface area contributed by atoms with E-state index < -0.39 is 0 Å². The molecule has 32 heavy (non-hydrogen) atoms. The highest BCUT2D eigenvalue weighted by Gasteiger charge is 2.12. The third-order valence-electron chi connectivity index (χ3n) is 3.80. The van der Waals surface area contributed by atoms with Gasteiger partial charge in [-0.05, 0) is 43.8 Å². The molecule has 0 fully saturated rings. The number of benzene rings is 1. The number of ether oxygens (including phenoxy) is 1. The molecule has 2 aromatic heterocycles. The number of aryl methyl sites for hydroxylation is 1. The van der Waals surface area contributed by atoms with Crippen LogP contribution in [0, 0.1) is 19.8 Å². The summed E-state index contributed by atoms with van der Waals surface area (Å²) in [5.74, 6) is 0. The average Bonchev–Trinajstić information content (AvgIpc) is 3.19. The van der Waals surface area contributed by atoms with Gasteiger partial charge < -0.3 is 20.1 Å². The van der Waals surface area contributed by atoms with E-state index in [1.165, 1.54) is 0 Å². The predicted molar refractivity (Wildman–Crippen MR) is 132 cm³/mol. The van der Waals surface area contributed by atoms with Gasteiger partial charge >= 0.3 is 0 Å². The first kappa shape index (κ1) is 29.3. The number of H-pyrrole nitrogens is 1. The number of hydrogen-bond acceptors (Lipinski definition) is 5. The number of pyridine rings is 1. The van der Waals surface area contributed by atoms with Crippen molar-refractivity contribution in [2.24, 2.45) is 0 Å². The topological polar surface area (TPSA) is 87.2 Å². The number of rotatable bonds is 6. The normalized spacial score (nSPS) is 9.25. The lowest BCUT2D eigenvalue weighted by molar-refractivity contribution is 0.111. The molecule has 0 aliphatic carbocycles. The van der Waals surface area contributed by atoms with Crippen LogP contribution in [-0.4, -0.2) is 48.7 Å². The summed E-state index contributed by atoms with van der Waals surface area (Å²) >= 11 is 11.5. The lowest BCUT2D eigenvalue weighted by Crippen LogP contribution is -2.10. The Morgan fingerprint density at radius 3 is 2.25 bits per heavy atom. The van der Waals surface area contributed by atoms with E-state index in [0.717, 1.165) is 33.7 Å². The van der Waals surface area contributed by atoms with Crippen LogP contribution in [0.2, 0.25) is 10.2 Å². The van der Waals surface area contributed by atoms with Crippen LogP contribution in [0.25, 0.3) is 11.1 Å². The van der Waals surface area contributed by atoms with E-state index in [1.54, 1.807) is 32.5 Å². The minimum absolute atomic E-state index is 0.233. The van der Waals surface area contributed by atoms with Crippen LogP contribution in [-0.2, 0) is 11.3 Å². The van der Waals surface area contributed by atoms with Gasteiger partial charge in [-0.15, -0.1) is 12.8 Å². The van der Waals surface area contributed by atoms with Crippen molar-refractivity contribution in [3.8, 4) is 24.0 Å². The van der Waals surface area contributed by atoms with Crippen molar-refractivity contribution < 1.29 is 14.6 Å². The molecule has 0 aliphatic heterocycles. The van der Waals surface area contributed by atoms with Crippen molar-refractivity contribution >= 4 is 29.5 Å². The molecule has 1 aromatic carbocycles. The Kier molecular flexibility index (Phi) is 16.5. The molecule has 0 radical (unpaired) electrons. The Labute approximate surface area is 200 Å². The quantitative estimate of drug-likeness (QED) is 0.270. The first-order chi connectivity index (χ1) is 15.5. The molecular formula is C24H29Cl2N3O3. The van der Waals surface area contributed by atoms with Gasteiger partial charge in [0.2, 0.25) is 0 Å². The van der Waals surface area contributed by atoms with Crippen LogP contribution in [0.3, 0.4) is 0 Å². The Hall–Kier alpha value is -2.66. The van der Waals surface area contributed by atoms with Crippen LogP contribution in [0.5, 0.6) is 0 Å². The lowest BCUT2D eigenvalue weighted by atomic mass is 10.0. The first-order valence-corrected chi connectivity index (χ1v) is 10.3. The Bertz CT molecular complexity index is 927. The summed E-state index contributed by atoms with van der Waals surface area (Å²) in [5.41, 5.74) is 4.25. The van der Waals surface area contributed by atoms with Crippen LogP contribution in [0.1, 0.15) is 21.7 Å². The van der Waals surface area contributed by atoms with Gasteiger partial charge in [0.25, 0.3) is 0 Å². The number of nitrogens with zero attached hydrogens (tertiary/aromatic N) is 1. The minimum atomic E-state index is 0.233. The largest absolute Gasteiger partial charge is 0.395 e. The highest BCUT2D eigenvalue weighted by molar-refractivity contribution is 6.30. The number of nitrogens with one attached hydrogen (secondary N) is 2. The third kappa shape index (κ3) is 11.1. The molecule has 0 spiro atoms. The predicted octanol–water partition coefficient (Wildman–Crippen LogP) is 4.78. The molecule has 0 aliphatic rings. The number of likely N-dealkylation sites (N-methyl/N-ethyl adjacent to an activating group) is 1. The highest BCUT2D eigenvalue weighted by Crippen LogP contribution is 2.29. The number of aliphatic hydroxyl groups is 1. The van der Waals surface area contributed by atoms with Gasteiger partial charge in [0.1, 0.15) is 5.15 Å². The number of terminal acetylenes is 1. The molecule has 0 amide bonds. The molecule has 6 nitrogen and oxygen atoms in total. The van der Waals surface area contributed by atoms with Crippen molar-refractivity contribution in [1.82, 2.24) is 15.3 Å². The van der Waals surface area contributed by atoms with Gasteiger partial charge in [0.15, 0.2) is 6.29 Å². The van der Waals surface area contributed by atoms with E-state index in [9.17, 15) is 4.79 Å². The zero-order chi connectivity index (χ0) is 24.4. The van der Waals surface area contributed by atoms with E-state index in [2.05, 4.69) is 28.1 Å². The second-order valence-electron chi connectivity index (χ2n) is 6.10. The van der Waals surface area contributed by atoms with E-state index in [-0.39, 0.29) is 6.61 Å². The van der Waals surface area contributed by atoms with Crippen LogP contribution >= 0.6 is 23.2 Å². The Morgan fingerprint density at radius 2 is 1.84 bits per heavy atom. The van der Waals surface area contributed by atoms with Crippen molar-refractivity contribution in [2.45, 2.75) is 13.5 Å². The molecule has 172 valence electrons. The van der Waals surface area contributed by atoms with Gasteiger partial charge in [-0.25, -0.2) is 4.98 Å². The number of carbonyl (C=O) groups is 1. The molecular weight excluding hydrogens is 449 g/mol. The van der Waals surface area contributed by atoms with E-state index in [0.29, 0.717) is 24.0 Å². The Balaban J connectivity index is 0.000000564. The molecule has 3 aromatic rings. The molecule has 0 unspecified atom stereocenters. The minimum Gasteiger partial charge on any atom is -0.395 e. The molecule has 0 saturated heterocycles. The standard InChI is InChI=1S/C13H13ClN2O2.C6H5Cl.C3H9NO.C2H2/c1-8-11(3-10(6-17)16-8)12-4-13(14)15-5-9(12)7-18-2;7-6-4-2-1-3-5-6;1-4-2-3-5;1-2/h3-6,16H,7H2,1-2H3;1-5H;4-5H,2-3H2,1H3;1-2H. The van der Waals surface area contributed by atoms with Crippen LogP contribution < -0.4 is 5.32 Å². The zero-order valence-electron chi connectivity index (χ0n) is 18.4. The summed E-state index contributed by atoms with van der Waals surface area (Å²) in [5, 5.41) is 12.0. The van der Waals surface area contributed by atoms with Crippen LogP contribution in [0.4, 0.5) is 0 Å². The number of methoxy groups -OCH3 is 1. The maximum Gasteiger partial charge on any atom is 0.166 e. The maximum absolute atomic E-state index is 10.8. The number of aromatic amines is 1. The molecule has 0 atom stereocenters. The third-order valence-corrected chi connectivity index (χ3v) is 4.26. The molecule has 3 N–H and O–H groups in total. The maximum atomic E-state index is 10.8. The summed E-state index contributed by atoms with van der Waals surface area (Å²) in [6.07, 6.45) is 10.5. The summed E-state index contributed by atoms with van der Waals surface area (Å²) in [4.78, 5) is 17.8. The fraction of sp³-hybridized carbons (Fsp3) is 0.250. The molecule has 0 saturated carbocycles. The summed E-state index contributed by atoms with van der Waals surface area (Å²) < 4.78 is 5.14. The fourth-order valence-electron chi connectivity index (χ4n) is 2.43. The summed E-state index contributed by atoms with van der Waals surface area (Å²) in [6.45, 7) is 3.28. The van der Waals surface area contributed by atoms with E-state index >= 15 is 0 Å². The molecule has 8 heteroatoms. The highest BCUT2D eigenvalue weighted by atomic mass is 35.5. The number of aromatic nitrogens is 2. The van der Waals surface area contributed by atoms with Crippen molar-refractivity contribution in [3.63, 3.8) is 0 Å². The number of hydrogen-bond donors (Lipinski definition) is 3. The van der Waals surface area contributed by atoms with E-state index in [1.807, 2.05) is 37.3 Å². The van der Waals surface area contributed by atoms with E-state index in [4.69, 9.17) is 33.0 Å². The number of carbonyl (C=O) groups excluding carboxylic acids is 1. The number of aldehydes is 1. The fourth-order valence-corrected chi connectivity index (χ4v) is 2.74. The van der Waals surface area contributed by atoms with Gasteiger partial charge in [-0.2, -0.15) is 0 Å². The molecule has 2 heterocycles. The van der Waals surface area contributed by atoms with Gasteiger partial charge in [0, 0.05) is 41.7 Å². The average molecular weight is 478 g/mol. The van der Waals surface area contributed by atoms with Gasteiger partial charge in [-0.1, -0.05) is 41.4 Å². The summed E-state index contributed by atoms with van der Waals surface area (Å²) in [7, 11) is 3.43. The van der Waals surface area contributed by atoms with Crippen molar-refractivity contribution in [1.29, 1.82) is 0 Å². The molecule has 3 rings (SSSR count). The zero-order valence-corrected chi connectivity index (χ0v) is 20.0. The van der Waals surface area contributed by atoms with Crippen LogP contribution in [0.15, 0.2) is 48.7 Å². The lowest BCUT2D eigenvalue weighted by Gasteiger charge is -2.08. The smallest absolute Gasteiger partial charge is 0.166 e. The monoisotopic (exact) mass is 477 g/mol. The number of halogens is 2. The number of aliphatic hydroxyl groups excluding tert-OH is 1. The van der Waals surface area contributed by atoms with Crippen molar-refractivity contribution in [3.05, 3.63) is 75.8 Å². The van der Waals surface area contributed by atoms with Crippen molar-refractivity contribution in [2.75, 3.05) is 27.3 Å². The summed E-state index contributed by atoms with van der Waals surface area (Å²) in [6, 6.07) is 13.0. The first-order valence-electron chi connectivity index (χ1n) is 9.54. The SMILES string of the molecule is C#C.CNCCO.COCc1cnc(Cl)cc1-c1cc(C=O)[nH]c1C.Clc1ccccc1. The second kappa shape index (κ2) is 18.0. The Morgan fingerprint density at radius 1 is 1.19 bits per heavy atom.